The molecular formula is C14H10ClN3O3S. The van der Waals surface area contributed by atoms with Crippen LogP contribution in [0.1, 0.15) is 28.6 Å². The van der Waals surface area contributed by atoms with E-state index < -0.39 is 12.1 Å². The number of aromatic nitrogens is 3. The van der Waals surface area contributed by atoms with Crippen LogP contribution in [-0.2, 0) is 4.74 Å². The molecular weight excluding hydrogens is 326 g/mol. The first kappa shape index (κ1) is 14.7. The highest BCUT2D eigenvalue weighted by molar-refractivity contribution is 7.17. The first-order valence-corrected chi connectivity index (χ1v) is 7.53. The molecule has 0 amide bonds. The molecule has 1 unspecified atom stereocenters. The van der Waals surface area contributed by atoms with Gasteiger partial charge >= 0.3 is 5.97 Å². The summed E-state index contributed by atoms with van der Waals surface area (Å²) < 4.78 is 10.9. The first-order chi connectivity index (χ1) is 10.6. The Morgan fingerprint density at radius 1 is 1.41 bits per heavy atom. The van der Waals surface area contributed by atoms with E-state index in [0.717, 1.165) is 16.9 Å². The van der Waals surface area contributed by atoms with Gasteiger partial charge in [0.15, 0.2) is 6.10 Å². The van der Waals surface area contributed by atoms with Crippen molar-refractivity contribution < 1.29 is 14.1 Å². The number of hydrogen-bond acceptors (Lipinski definition) is 7. The number of ether oxygens (including phenoxy) is 1. The highest BCUT2D eigenvalue weighted by atomic mass is 35.5. The second kappa shape index (κ2) is 6.25. The number of rotatable bonds is 4. The maximum absolute atomic E-state index is 11.9. The number of carbonyl (C=O) groups is 1. The summed E-state index contributed by atoms with van der Waals surface area (Å²) in [5.41, 5.74) is 0.723. The minimum absolute atomic E-state index is 0.217. The number of esters is 1. The van der Waals surface area contributed by atoms with E-state index in [1.165, 1.54) is 0 Å². The van der Waals surface area contributed by atoms with Gasteiger partial charge in [-0.15, -0.1) is 11.3 Å². The second-order valence-corrected chi connectivity index (χ2v) is 6.06. The zero-order valence-electron chi connectivity index (χ0n) is 11.4. The third-order valence-corrected chi connectivity index (χ3v) is 3.98. The fraction of sp³-hybridized carbons (Fsp3) is 0.143. The number of nitrogens with zero attached hydrogens (tertiary/aromatic N) is 3. The molecule has 3 heterocycles. The van der Waals surface area contributed by atoms with Gasteiger partial charge in [0, 0.05) is 18.0 Å². The number of pyridine rings is 1. The summed E-state index contributed by atoms with van der Waals surface area (Å²) in [6.45, 7) is 1.66. The average Bonchev–Trinajstić information content (AvgIpc) is 3.17. The van der Waals surface area contributed by atoms with Gasteiger partial charge in [0.1, 0.15) is 4.88 Å². The number of thiophene rings is 1. The van der Waals surface area contributed by atoms with Gasteiger partial charge in [-0.05, 0) is 31.2 Å². The molecule has 3 aromatic rings. The molecule has 0 aromatic carbocycles. The Kier molecular flexibility index (Phi) is 4.17. The van der Waals surface area contributed by atoms with E-state index >= 15 is 0 Å². The lowest BCUT2D eigenvalue weighted by Crippen LogP contribution is -2.08. The van der Waals surface area contributed by atoms with Crippen LogP contribution in [0.15, 0.2) is 41.2 Å². The van der Waals surface area contributed by atoms with E-state index in [0.29, 0.717) is 15.0 Å². The highest BCUT2D eigenvalue weighted by Gasteiger charge is 2.21. The van der Waals surface area contributed by atoms with Crippen molar-refractivity contribution in [3.8, 4) is 11.4 Å². The Bertz CT molecular complexity index is 787. The average molecular weight is 336 g/mol. The Morgan fingerprint density at radius 3 is 2.95 bits per heavy atom. The lowest BCUT2D eigenvalue weighted by atomic mass is 10.3. The van der Waals surface area contributed by atoms with E-state index in [2.05, 4.69) is 15.1 Å². The van der Waals surface area contributed by atoms with Crippen molar-refractivity contribution in [2.75, 3.05) is 0 Å². The largest absolute Gasteiger partial charge is 0.448 e. The van der Waals surface area contributed by atoms with Gasteiger partial charge in [-0.25, -0.2) is 4.79 Å². The van der Waals surface area contributed by atoms with Gasteiger partial charge < -0.3 is 9.26 Å². The molecule has 0 N–H and O–H groups in total. The quantitative estimate of drug-likeness (QED) is 0.675. The van der Waals surface area contributed by atoms with Gasteiger partial charge in [0.25, 0.3) is 5.89 Å². The summed E-state index contributed by atoms with van der Waals surface area (Å²) in [5.74, 6) is 0.130. The topological polar surface area (TPSA) is 78.1 Å². The molecule has 0 fully saturated rings. The molecule has 0 saturated heterocycles. The molecule has 0 spiro atoms. The molecule has 6 nitrogen and oxygen atoms in total. The van der Waals surface area contributed by atoms with Crippen LogP contribution in [0.25, 0.3) is 11.4 Å². The SMILES string of the molecule is CC(OC(=O)c1ccc(Cl)s1)c1nc(-c2cccnc2)no1. The lowest BCUT2D eigenvalue weighted by Gasteiger charge is -2.07. The van der Waals surface area contributed by atoms with Crippen molar-refractivity contribution in [2.45, 2.75) is 13.0 Å². The predicted octanol–water partition coefficient (Wildman–Crippen LogP) is 3.76. The first-order valence-electron chi connectivity index (χ1n) is 6.34. The van der Waals surface area contributed by atoms with Crippen LogP contribution in [0.3, 0.4) is 0 Å². The summed E-state index contributed by atoms with van der Waals surface area (Å²) in [6, 6.07) is 6.83. The monoisotopic (exact) mass is 335 g/mol. The Hall–Kier alpha value is -2.25. The zero-order chi connectivity index (χ0) is 15.5. The number of hydrogen-bond donors (Lipinski definition) is 0. The van der Waals surface area contributed by atoms with E-state index in [9.17, 15) is 4.79 Å². The van der Waals surface area contributed by atoms with Gasteiger partial charge in [-0.1, -0.05) is 16.8 Å². The zero-order valence-corrected chi connectivity index (χ0v) is 13.0. The molecule has 1 atom stereocenters. The number of halogens is 1. The van der Waals surface area contributed by atoms with Gasteiger partial charge in [0.05, 0.1) is 4.34 Å². The minimum Gasteiger partial charge on any atom is -0.448 e. The number of carbonyl (C=O) groups excluding carboxylic acids is 1. The molecule has 0 aliphatic rings. The Balaban J connectivity index is 1.72. The van der Waals surface area contributed by atoms with Crippen molar-refractivity contribution in [2.24, 2.45) is 0 Å². The lowest BCUT2D eigenvalue weighted by molar-refractivity contribution is 0.0271. The van der Waals surface area contributed by atoms with Crippen molar-refractivity contribution in [3.63, 3.8) is 0 Å². The molecule has 3 aromatic heterocycles. The molecule has 0 aliphatic carbocycles. The van der Waals surface area contributed by atoms with Crippen molar-refractivity contribution in [1.29, 1.82) is 0 Å². The molecule has 0 aliphatic heterocycles. The van der Waals surface area contributed by atoms with Crippen molar-refractivity contribution in [1.82, 2.24) is 15.1 Å². The Morgan fingerprint density at radius 2 is 2.27 bits per heavy atom. The fourth-order valence-corrected chi connectivity index (χ4v) is 2.63. The van der Waals surface area contributed by atoms with Crippen LogP contribution in [0.4, 0.5) is 0 Å². The van der Waals surface area contributed by atoms with E-state index in [4.69, 9.17) is 20.9 Å². The summed E-state index contributed by atoms with van der Waals surface area (Å²) in [6.07, 6.45) is 2.62. The maximum atomic E-state index is 11.9. The van der Waals surface area contributed by atoms with Crippen molar-refractivity contribution >= 4 is 28.9 Å². The van der Waals surface area contributed by atoms with Crippen LogP contribution >= 0.6 is 22.9 Å². The predicted molar refractivity (Wildman–Crippen MR) is 80.7 cm³/mol. The van der Waals surface area contributed by atoms with Crippen LogP contribution in [0.5, 0.6) is 0 Å². The van der Waals surface area contributed by atoms with Crippen LogP contribution in [0.2, 0.25) is 4.34 Å². The van der Waals surface area contributed by atoms with Crippen LogP contribution < -0.4 is 0 Å². The summed E-state index contributed by atoms with van der Waals surface area (Å²) in [4.78, 5) is 20.6. The van der Waals surface area contributed by atoms with E-state index in [1.807, 2.05) is 6.07 Å². The molecule has 22 heavy (non-hydrogen) atoms. The fourth-order valence-electron chi connectivity index (χ4n) is 1.71. The van der Waals surface area contributed by atoms with E-state index in [1.54, 1.807) is 37.5 Å². The molecule has 0 bridgehead atoms. The van der Waals surface area contributed by atoms with Gasteiger partial charge in [-0.3, -0.25) is 4.98 Å². The standard InChI is InChI=1S/C14H10ClN3O3S/c1-8(20-14(19)10-4-5-11(15)22-10)13-17-12(18-21-13)9-3-2-6-16-7-9/h2-8H,1H3. The van der Waals surface area contributed by atoms with Gasteiger partial charge in [0.2, 0.25) is 5.82 Å². The van der Waals surface area contributed by atoms with Crippen LogP contribution in [0, 0.1) is 0 Å². The van der Waals surface area contributed by atoms with Crippen LogP contribution in [-0.4, -0.2) is 21.1 Å². The molecule has 8 heteroatoms. The summed E-state index contributed by atoms with van der Waals surface area (Å²) in [7, 11) is 0. The third-order valence-electron chi connectivity index (χ3n) is 2.77. The highest BCUT2D eigenvalue weighted by Crippen LogP contribution is 2.25. The smallest absolute Gasteiger partial charge is 0.349 e. The summed E-state index contributed by atoms with van der Waals surface area (Å²) in [5, 5.41) is 3.86. The summed E-state index contributed by atoms with van der Waals surface area (Å²) >= 11 is 6.94. The molecule has 0 saturated carbocycles. The third kappa shape index (κ3) is 3.15. The van der Waals surface area contributed by atoms with E-state index in [-0.39, 0.29) is 5.89 Å². The maximum Gasteiger partial charge on any atom is 0.349 e. The van der Waals surface area contributed by atoms with Crippen molar-refractivity contribution in [3.05, 3.63) is 51.8 Å². The Labute approximate surface area is 134 Å². The van der Waals surface area contributed by atoms with Gasteiger partial charge in [-0.2, -0.15) is 4.98 Å². The second-order valence-electron chi connectivity index (χ2n) is 4.35. The molecule has 3 rings (SSSR count). The normalized spacial score (nSPS) is 12.1. The molecule has 112 valence electrons. The molecule has 0 radical (unpaired) electrons. The minimum atomic E-state index is -0.661.